The van der Waals surface area contributed by atoms with Crippen LogP contribution in [0.15, 0.2) is 0 Å². The zero-order valence-corrected chi connectivity index (χ0v) is 16.9. The van der Waals surface area contributed by atoms with E-state index in [0.29, 0.717) is 6.42 Å². The molecule has 6 unspecified atom stereocenters. The van der Waals surface area contributed by atoms with Crippen LogP contribution in [0.2, 0.25) is 0 Å². The van der Waals surface area contributed by atoms with E-state index in [1.807, 2.05) is 20.8 Å². The van der Waals surface area contributed by atoms with E-state index in [9.17, 15) is 25.2 Å². The molecule has 9 heteroatoms. The summed E-state index contributed by atoms with van der Waals surface area (Å²) in [5.74, 6) is -1.59. The Morgan fingerprint density at radius 1 is 1.14 bits per heavy atom. The van der Waals surface area contributed by atoms with Crippen molar-refractivity contribution in [3.63, 3.8) is 0 Å². The predicted molar refractivity (Wildman–Crippen MR) is 92.9 cm³/mol. The molecule has 0 amide bonds. The minimum Gasteiger partial charge on any atom is -0.459 e. The van der Waals surface area contributed by atoms with Gasteiger partial charge in [0.15, 0.2) is 12.6 Å². The number of esters is 1. The Labute approximate surface area is 167 Å². The number of aliphatic hydroxyl groups excluding tert-OH is 3. The third kappa shape index (κ3) is 1.42. The van der Waals surface area contributed by atoms with Crippen molar-refractivity contribution in [2.24, 2.45) is 28.1 Å². The largest absolute Gasteiger partial charge is 0.459 e. The van der Waals surface area contributed by atoms with Crippen molar-refractivity contribution >= 4 is 5.97 Å². The smallest absolute Gasteiger partial charge is 0.342 e. The van der Waals surface area contributed by atoms with Crippen molar-refractivity contribution in [3.05, 3.63) is 0 Å². The maximum Gasteiger partial charge on any atom is 0.342 e. The van der Waals surface area contributed by atoms with Gasteiger partial charge in [0.05, 0.1) is 23.5 Å². The molecular formula is C20H28O9. The Hall–Kier alpha value is -0.810. The Morgan fingerprint density at radius 2 is 1.83 bits per heavy atom. The zero-order chi connectivity index (χ0) is 20.9. The van der Waals surface area contributed by atoms with Crippen LogP contribution < -0.4 is 0 Å². The lowest BCUT2D eigenvalue weighted by Gasteiger charge is -2.49. The summed E-state index contributed by atoms with van der Waals surface area (Å²) in [7, 11) is 0. The van der Waals surface area contributed by atoms with Crippen LogP contribution in [0.4, 0.5) is 0 Å². The Balaban J connectivity index is 1.71. The first-order chi connectivity index (χ1) is 13.4. The van der Waals surface area contributed by atoms with Gasteiger partial charge in [-0.1, -0.05) is 27.7 Å². The molecule has 0 radical (unpaired) electrons. The zero-order valence-electron chi connectivity index (χ0n) is 16.9. The third-order valence-electron chi connectivity index (χ3n) is 9.14. The number of fused-ring (bicyclic) bond motifs is 1. The van der Waals surface area contributed by atoms with E-state index in [2.05, 4.69) is 0 Å². The standard InChI is InChI=1S/C20H28O9/c1-7-6-26-12-10(21)18-9-5-8(16(2,3)4)17(18)11(22)13(23)28-15(17)29-20(18,14(24)27-9)19(7,12)25/h7-13,15,21-23,25H,5-6H2,1-4H3/t7-,8+,9?,10+,11+,12?,13+,15?,17?,18?,19-,20?/m1/s1. The minimum absolute atomic E-state index is 0.157. The van der Waals surface area contributed by atoms with Gasteiger partial charge in [0.1, 0.15) is 23.9 Å². The fourth-order valence-electron chi connectivity index (χ4n) is 8.36. The van der Waals surface area contributed by atoms with Crippen LogP contribution in [-0.2, 0) is 23.7 Å². The molecule has 29 heavy (non-hydrogen) atoms. The van der Waals surface area contributed by atoms with E-state index in [1.165, 1.54) is 0 Å². The molecule has 0 aromatic heterocycles. The summed E-state index contributed by atoms with van der Waals surface area (Å²) in [6.07, 6.45) is -6.96. The van der Waals surface area contributed by atoms with Crippen LogP contribution in [0.5, 0.6) is 0 Å². The van der Waals surface area contributed by atoms with Crippen molar-refractivity contribution in [3.8, 4) is 0 Å². The molecule has 4 N–H and O–H groups in total. The number of ether oxygens (including phenoxy) is 4. The number of rotatable bonds is 0. The lowest BCUT2D eigenvalue weighted by Crippen LogP contribution is -2.67. The molecule has 4 saturated heterocycles. The number of carbonyl (C=O) groups excluding carboxylic acids is 1. The molecule has 4 heterocycles. The van der Waals surface area contributed by atoms with Crippen molar-refractivity contribution in [2.75, 3.05) is 6.61 Å². The lowest BCUT2D eigenvalue weighted by atomic mass is 9.51. The molecule has 162 valence electrons. The summed E-state index contributed by atoms with van der Waals surface area (Å²) in [4.78, 5) is 13.4. The van der Waals surface area contributed by atoms with Gasteiger partial charge < -0.3 is 39.4 Å². The Morgan fingerprint density at radius 3 is 2.48 bits per heavy atom. The van der Waals surface area contributed by atoms with Crippen LogP contribution in [-0.4, -0.2) is 81.2 Å². The molecule has 6 aliphatic rings. The minimum atomic E-state index is -1.93. The van der Waals surface area contributed by atoms with Crippen LogP contribution in [0.25, 0.3) is 0 Å². The molecule has 6 rings (SSSR count). The highest BCUT2D eigenvalue weighted by molar-refractivity contribution is 5.89. The summed E-state index contributed by atoms with van der Waals surface area (Å²) in [5.41, 5.74) is -7.01. The van der Waals surface area contributed by atoms with Crippen molar-refractivity contribution in [1.29, 1.82) is 0 Å². The van der Waals surface area contributed by atoms with Crippen LogP contribution in [0, 0.1) is 28.1 Å². The Kier molecular flexibility index (Phi) is 3.15. The first-order valence-electron chi connectivity index (χ1n) is 10.4. The maximum absolute atomic E-state index is 13.4. The second-order valence-electron chi connectivity index (χ2n) is 10.9. The van der Waals surface area contributed by atoms with Crippen molar-refractivity contribution in [2.45, 2.75) is 82.3 Å². The molecule has 6 fully saturated rings. The van der Waals surface area contributed by atoms with E-state index < -0.39 is 76.3 Å². The Bertz CT molecular complexity index is 810. The van der Waals surface area contributed by atoms with Gasteiger partial charge in [0.25, 0.3) is 0 Å². The average Bonchev–Trinajstić information content (AvgIpc) is 3.34. The van der Waals surface area contributed by atoms with E-state index in [0.717, 1.165) is 0 Å². The highest BCUT2D eigenvalue weighted by Gasteiger charge is 3.02. The quantitative estimate of drug-likeness (QED) is 0.366. The summed E-state index contributed by atoms with van der Waals surface area (Å²) in [5, 5.41) is 45.4. The topological polar surface area (TPSA) is 135 Å². The fraction of sp³-hybridized carbons (Fsp3) is 0.950. The fourth-order valence-corrected chi connectivity index (χ4v) is 8.36. The second-order valence-corrected chi connectivity index (χ2v) is 10.9. The molecule has 2 saturated carbocycles. The van der Waals surface area contributed by atoms with Gasteiger partial charge in [-0.2, -0.15) is 0 Å². The molecule has 0 aromatic rings. The molecule has 2 aliphatic carbocycles. The molecule has 2 spiro atoms. The predicted octanol–water partition coefficient (Wildman–Crippen LogP) is -1.10. The van der Waals surface area contributed by atoms with Gasteiger partial charge in [-0.05, 0) is 17.8 Å². The molecule has 4 aliphatic heterocycles. The highest BCUT2D eigenvalue weighted by atomic mass is 16.8. The van der Waals surface area contributed by atoms with Crippen molar-refractivity contribution < 1.29 is 44.2 Å². The number of carbonyl (C=O) groups is 1. The monoisotopic (exact) mass is 412 g/mol. The van der Waals surface area contributed by atoms with Gasteiger partial charge in [0.2, 0.25) is 5.60 Å². The normalized spacial score (nSPS) is 64.8. The summed E-state index contributed by atoms with van der Waals surface area (Å²) in [6.45, 7) is 7.89. The third-order valence-corrected chi connectivity index (χ3v) is 9.14. The maximum atomic E-state index is 13.4. The molecular weight excluding hydrogens is 384 g/mol. The number of aliphatic hydroxyl groups is 4. The van der Waals surface area contributed by atoms with E-state index >= 15 is 0 Å². The highest BCUT2D eigenvalue weighted by Crippen LogP contribution is 2.84. The second kappa shape index (κ2) is 4.82. The molecule has 12 atom stereocenters. The van der Waals surface area contributed by atoms with Gasteiger partial charge >= 0.3 is 5.97 Å². The van der Waals surface area contributed by atoms with Gasteiger partial charge in [-0.15, -0.1) is 0 Å². The van der Waals surface area contributed by atoms with Crippen molar-refractivity contribution in [1.82, 2.24) is 0 Å². The molecule has 0 bridgehead atoms. The first-order valence-corrected chi connectivity index (χ1v) is 10.4. The summed E-state index contributed by atoms with van der Waals surface area (Å²) < 4.78 is 23.5. The van der Waals surface area contributed by atoms with Crippen LogP contribution in [0.1, 0.15) is 34.1 Å². The van der Waals surface area contributed by atoms with Crippen LogP contribution >= 0.6 is 0 Å². The summed E-state index contributed by atoms with van der Waals surface area (Å²) >= 11 is 0. The summed E-state index contributed by atoms with van der Waals surface area (Å²) in [6, 6.07) is 0. The molecule has 0 aromatic carbocycles. The van der Waals surface area contributed by atoms with E-state index in [1.54, 1.807) is 6.92 Å². The van der Waals surface area contributed by atoms with Gasteiger partial charge in [-0.3, -0.25) is 0 Å². The van der Waals surface area contributed by atoms with Crippen LogP contribution in [0.3, 0.4) is 0 Å². The van der Waals surface area contributed by atoms with Gasteiger partial charge in [-0.25, -0.2) is 4.79 Å². The number of hydrogen-bond donors (Lipinski definition) is 4. The lowest BCUT2D eigenvalue weighted by molar-refractivity contribution is -0.263. The first kappa shape index (κ1) is 18.9. The van der Waals surface area contributed by atoms with E-state index in [-0.39, 0.29) is 12.5 Å². The average molecular weight is 412 g/mol. The number of hydrogen-bond acceptors (Lipinski definition) is 9. The van der Waals surface area contributed by atoms with E-state index in [4.69, 9.17) is 18.9 Å². The molecule has 9 nitrogen and oxygen atoms in total. The SMILES string of the molecule is C[C@@H]1COC2[C@H](O)C34C5C[C@@H](C(C)(C)C)C36C(O[C@H](O)[C@@H]6O)OC4(C(=O)O5)[C@]21O. The van der Waals surface area contributed by atoms with Gasteiger partial charge in [0, 0.05) is 5.92 Å².